The van der Waals surface area contributed by atoms with Crippen LogP contribution in [0.15, 0.2) is 78.9 Å². The van der Waals surface area contributed by atoms with E-state index >= 15 is 0 Å². The van der Waals surface area contributed by atoms with Gasteiger partial charge in [0, 0.05) is 23.5 Å². The van der Waals surface area contributed by atoms with Crippen LogP contribution in [0.4, 0.5) is 11.4 Å². The molecule has 0 aliphatic carbocycles. The highest BCUT2D eigenvalue weighted by atomic mass is 16.2. The first-order valence-corrected chi connectivity index (χ1v) is 8.53. The molecule has 3 aromatic rings. The average molecular weight is 341 g/mol. The lowest BCUT2D eigenvalue weighted by Crippen LogP contribution is -2.10. The molecule has 4 N–H and O–H groups in total. The molecule has 4 rings (SSSR count). The lowest BCUT2D eigenvalue weighted by molar-refractivity contribution is -0.110. The number of amides is 1. The molecule has 0 atom stereocenters. The van der Waals surface area contributed by atoms with E-state index in [1.165, 1.54) is 0 Å². The maximum absolute atomic E-state index is 12.7. The van der Waals surface area contributed by atoms with Crippen molar-refractivity contribution < 1.29 is 4.79 Å². The minimum absolute atomic E-state index is 0.101. The van der Waals surface area contributed by atoms with Gasteiger partial charge in [0.15, 0.2) is 0 Å². The van der Waals surface area contributed by atoms with Gasteiger partial charge >= 0.3 is 0 Å². The highest BCUT2D eigenvalue weighted by molar-refractivity contribution is 6.37. The number of rotatable bonds is 4. The number of carbonyl (C=O) groups is 1. The second-order valence-corrected chi connectivity index (χ2v) is 6.14. The van der Waals surface area contributed by atoms with Crippen LogP contribution in [0.3, 0.4) is 0 Å². The van der Waals surface area contributed by atoms with Crippen LogP contribution in [-0.4, -0.2) is 5.91 Å². The van der Waals surface area contributed by atoms with E-state index in [2.05, 4.69) is 10.6 Å². The Morgan fingerprint density at radius 1 is 0.885 bits per heavy atom. The van der Waals surface area contributed by atoms with Crippen molar-refractivity contribution in [2.45, 2.75) is 6.54 Å². The molecular weight excluding hydrogens is 322 g/mol. The molecule has 1 aliphatic heterocycles. The Balaban J connectivity index is 1.85. The van der Waals surface area contributed by atoms with Gasteiger partial charge in [-0.25, -0.2) is 0 Å². The summed E-state index contributed by atoms with van der Waals surface area (Å²) in [5.41, 5.74) is 11.8. The van der Waals surface area contributed by atoms with Crippen LogP contribution < -0.4 is 16.4 Å². The molecule has 1 aliphatic rings. The summed E-state index contributed by atoms with van der Waals surface area (Å²) in [4.78, 5) is 12.7. The topological polar surface area (TPSA) is 67.1 Å². The minimum atomic E-state index is -0.101. The SMILES string of the molecule is NCc1ccc(NC(=C2C(=O)Nc3ccccc32)c2ccccc2)cc1. The number of para-hydroxylation sites is 1. The van der Waals surface area contributed by atoms with Crippen molar-refractivity contribution in [3.8, 4) is 0 Å². The Hall–Kier alpha value is -3.37. The number of carbonyl (C=O) groups excluding carboxylic acids is 1. The lowest BCUT2D eigenvalue weighted by atomic mass is 10.00. The third-order valence-electron chi connectivity index (χ3n) is 4.44. The second kappa shape index (κ2) is 6.86. The van der Waals surface area contributed by atoms with Crippen LogP contribution in [-0.2, 0) is 11.3 Å². The van der Waals surface area contributed by atoms with Gasteiger partial charge in [0.2, 0.25) is 0 Å². The molecule has 0 bridgehead atoms. The van der Waals surface area contributed by atoms with Crippen molar-refractivity contribution in [2.24, 2.45) is 5.73 Å². The van der Waals surface area contributed by atoms with Gasteiger partial charge < -0.3 is 16.4 Å². The standard InChI is InChI=1S/C22H19N3O/c23-14-15-10-12-17(13-11-15)24-21(16-6-2-1-3-7-16)20-18-8-4-5-9-19(18)25-22(20)26/h1-13,24H,14,23H2,(H,25,26). The fourth-order valence-corrected chi connectivity index (χ4v) is 3.12. The molecule has 0 spiro atoms. The molecular formula is C22H19N3O. The van der Waals surface area contributed by atoms with Gasteiger partial charge in [-0.2, -0.15) is 0 Å². The molecule has 0 radical (unpaired) electrons. The summed E-state index contributed by atoms with van der Waals surface area (Å²) in [6.45, 7) is 0.503. The van der Waals surface area contributed by atoms with Gasteiger partial charge in [-0.3, -0.25) is 4.79 Å². The molecule has 26 heavy (non-hydrogen) atoms. The van der Waals surface area contributed by atoms with Gasteiger partial charge in [0.1, 0.15) is 0 Å². The number of anilines is 2. The summed E-state index contributed by atoms with van der Waals surface area (Å²) >= 11 is 0. The van der Waals surface area contributed by atoms with E-state index in [1.54, 1.807) is 0 Å². The Labute approximate surface area is 152 Å². The summed E-state index contributed by atoms with van der Waals surface area (Å²) in [6.07, 6.45) is 0. The Bertz CT molecular complexity index is 976. The fraction of sp³-hybridized carbons (Fsp3) is 0.0455. The lowest BCUT2D eigenvalue weighted by Gasteiger charge is -2.15. The van der Waals surface area contributed by atoms with Crippen molar-refractivity contribution in [3.05, 3.63) is 95.6 Å². The summed E-state index contributed by atoms with van der Waals surface area (Å²) in [6, 6.07) is 25.6. The predicted molar refractivity (Wildman–Crippen MR) is 106 cm³/mol. The molecule has 4 nitrogen and oxygen atoms in total. The Kier molecular flexibility index (Phi) is 4.25. The van der Waals surface area contributed by atoms with Gasteiger partial charge in [0.25, 0.3) is 5.91 Å². The molecule has 0 unspecified atom stereocenters. The van der Waals surface area contributed by atoms with E-state index in [0.717, 1.165) is 33.8 Å². The molecule has 0 aromatic heterocycles. The second-order valence-electron chi connectivity index (χ2n) is 6.14. The molecule has 3 aromatic carbocycles. The van der Waals surface area contributed by atoms with Crippen LogP contribution in [0.25, 0.3) is 11.3 Å². The zero-order valence-corrected chi connectivity index (χ0v) is 14.2. The highest BCUT2D eigenvalue weighted by Gasteiger charge is 2.27. The van der Waals surface area contributed by atoms with Crippen molar-refractivity contribution in [1.82, 2.24) is 0 Å². The molecule has 1 heterocycles. The quantitative estimate of drug-likeness (QED) is 0.627. The van der Waals surface area contributed by atoms with E-state index < -0.39 is 0 Å². The first kappa shape index (κ1) is 16.1. The molecule has 128 valence electrons. The van der Waals surface area contributed by atoms with Crippen LogP contribution in [0.5, 0.6) is 0 Å². The third kappa shape index (κ3) is 2.98. The highest BCUT2D eigenvalue weighted by Crippen LogP contribution is 2.37. The number of fused-ring (bicyclic) bond motifs is 1. The number of nitrogens with one attached hydrogen (secondary N) is 2. The van der Waals surface area contributed by atoms with E-state index in [4.69, 9.17) is 5.73 Å². The maximum atomic E-state index is 12.7. The minimum Gasteiger partial charge on any atom is -0.354 e. The average Bonchev–Trinajstić information content (AvgIpc) is 3.03. The number of nitrogens with two attached hydrogens (primary N) is 1. The monoisotopic (exact) mass is 341 g/mol. The predicted octanol–water partition coefficient (Wildman–Crippen LogP) is 4.08. The zero-order valence-electron chi connectivity index (χ0n) is 14.2. The first-order valence-electron chi connectivity index (χ1n) is 8.53. The molecule has 0 saturated carbocycles. The summed E-state index contributed by atoms with van der Waals surface area (Å²) in [7, 11) is 0. The van der Waals surface area contributed by atoms with E-state index in [9.17, 15) is 4.79 Å². The smallest absolute Gasteiger partial charge is 0.258 e. The molecule has 4 heteroatoms. The molecule has 0 saturated heterocycles. The van der Waals surface area contributed by atoms with Crippen LogP contribution in [0, 0.1) is 0 Å². The summed E-state index contributed by atoms with van der Waals surface area (Å²) in [5.74, 6) is -0.101. The van der Waals surface area contributed by atoms with Gasteiger partial charge in [-0.05, 0) is 29.3 Å². The summed E-state index contributed by atoms with van der Waals surface area (Å²) in [5, 5.41) is 6.39. The zero-order chi connectivity index (χ0) is 17.9. The fourth-order valence-electron chi connectivity index (χ4n) is 3.12. The van der Waals surface area contributed by atoms with Crippen molar-refractivity contribution >= 4 is 28.6 Å². The molecule has 0 fully saturated rings. The van der Waals surface area contributed by atoms with Crippen LogP contribution in [0.1, 0.15) is 16.7 Å². The van der Waals surface area contributed by atoms with Crippen LogP contribution in [0.2, 0.25) is 0 Å². The third-order valence-corrected chi connectivity index (χ3v) is 4.44. The van der Waals surface area contributed by atoms with Crippen molar-refractivity contribution in [1.29, 1.82) is 0 Å². The van der Waals surface area contributed by atoms with Gasteiger partial charge in [0.05, 0.1) is 11.3 Å². The Morgan fingerprint density at radius 2 is 1.58 bits per heavy atom. The number of hydrogen-bond donors (Lipinski definition) is 3. The largest absolute Gasteiger partial charge is 0.354 e. The normalized spacial score (nSPS) is 14.6. The van der Waals surface area contributed by atoms with Crippen LogP contribution >= 0.6 is 0 Å². The van der Waals surface area contributed by atoms with E-state index in [0.29, 0.717) is 12.1 Å². The van der Waals surface area contributed by atoms with Crippen molar-refractivity contribution in [2.75, 3.05) is 10.6 Å². The maximum Gasteiger partial charge on any atom is 0.258 e. The van der Waals surface area contributed by atoms with Crippen molar-refractivity contribution in [3.63, 3.8) is 0 Å². The van der Waals surface area contributed by atoms with E-state index in [1.807, 2.05) is 78.9 Å². The number of benzene rings is 3. The van der Waals surface area contributed by atoms with E-state index in [-0.39, 0.29) is 5.91 Å². The first-order chi connectivity index (χ1) is 12.8. The summed E-state index contributed by atoms with van der Waals surface area (Å²) < 4.78 is 0. The Morgan fingerprint density at radius 3 is 2.31 bits per heavy atom. The van der Waals surface area contributed by atoms with Gasteiger partial charge in [-0.1, -0.05) is 60.7 Å². The number of hydrogen-bond acceptors (Lipinski definition) is 3. The molecule has 1 amide bonds. The van der Waals surface area contributed by atoms with Gasteiger partial charge in [-0.15, -0.1) is 0 Å².